The molecule has 0 spiro atoms. The predicted molar refractivity (Wildman–Crippen MR) is 122 cm³/mol. The highest BCUT2D eigenvalue weighted by molar-refractivity contribution is 5.92. The number of benzene rings is 2. The summed E-state index contributed by atoms with van der Waals surface area (Å²) in [4.78, 5) is 0. The standard InChI is InChI=1S/C26H27NO3/c1-7-9-19-23-17(10-11-18-22(23)16(3)15-26(4,5)27-18)24-20(30-19)12-13-21(25(24)28-6)29-14-8-2/h7,9-13,15,19,27H,1-6H3. The van der Waals surface area contributed by atoms with E-state index in [0.717, 1.165) is 28.1 Å². The van der Waals surface area contributed by atoms with Crippen LogP contribution in [-0.4, -0.2) is 12.6 Å². The zero-order valence-electron chi connectivity index (χ0n) is 18.3. The van der Waals surface area contributed by atoms with Crippen LogP contribution in [0.4, 0.5) is 5.69 Å². The molecule has 1 unspecified atom stereocenters. The summed E-state index contributed by atoms with van der Waals surface area (Å²) in [6.45, 7) is 10.3. The number of rotatable bonds is 3. The van der Waals surface area contributed by atoms with Crippen molar-refractivity contribution in [2.75, 3.05) is 12.4 Å². The molecule has 2 heterocycles. The molecule has 0 amide bonds. The number of ether oxygens (including phenoxy) is 3. The third-order valence-corrected chi connectivity index (χ3v) is 5.40. The van der Waals surface area contributed by atoms with E-state index in [4.69, 9.17) is 14.2 Å². The maximum atomic E-state index is 6.45. The fourth-order valence-electron chi connectivity index (χ4n) is 4.45. The number of methoxy groups -OCH3 is 1. The second kappa shape index (κ2) is 7.50. The van der Waals surface area contributed by atoms with Crippen molar-refractivity contribution in [3.63, 3.8) is 0 Å². The number of anilines is 1. The molecule has 2 aliphatic rings. The van der Waals surface area contributed by atoms with Crippen molar-refractivity contribution in [2.24, 2.45) is 0 Å². The van der Waals surface area contributed by atoms with Gasteiger partial charge in [0.1, 0.15) is 18.0 Å². The molecule has 0 saturated carbocycles. The molecule has 0 bridgehead atoms. The third kappa shape index (κ3) is 3.21. The van der Waals surface area contributed by atoms with Gasteiger partial charge in [-0.25, -0.2) is 0 Å². The highest BCUT2D eigenvalue weighted by Crippen LogP contribution is 2.54. The van der Waals surface area contributed by atoms with Crippen molar-refractivity contribution >= 4 is 11.3 Å². The van der Waals surface area contributed by atoms with E-state index >= 15 is 0 Å². The summed E-state index contributed by atoms with van der Waals surface area (Å²) >= 11 is 0. The van der Waals surface area contributed by atoms with Crippen LogP contribution in [-0.2, 0) is 0 Å². The van der Waals surface area contributed by atoms with Crippen molar-refractivity contribution < 1.29 is 14.2 Å². The van der Waals surface area contributed by atoms with Gasteiger partial charge in [0.2, 0.25) is 0 Å². The Morgan fingerprint density at radius 3 is 2.67 bits per heavy atom. The summed E-state index contributed by atoms with van der Waals surface area (Å²) in [7, 11) is 1.65. The first-order valence-electron chi connectivity index (χ1n) is 10.1. The Balaban J connectivity index is 2.02. The lowest BCUT2D eigenvalue weighted by molar-refractivity contribution is 0.249. The highest BCUT2D eigenvalue weighted by atomic mass is 16.5. The number of nitrogens with one attached hydrogen (secondary N) is 1. The molecule has 0 saturated heterocycles. The van der Waals surface area contributed by atoms with Crippen LogP contribution in [0.3, 0.4) is 0 Å². The van der Waals surface area contributed by atoms with E-state index in [1.165, 1.54) is 11.1 Å². The van der Waals surface area contributed by atoms with Gasteiger partial charge in [-0.05, 0) is 63.1 Å². The number of allylic oxidation sites excluding steroid dienone is 2. The van der Waals surface area contributed by atoms with E-state index in [-0.39, 0.29) is 11.6 Å². The lowest BCUT2D eigenvalue weighted by Crippen LogP contribution is -2.32. The van der Waals surface area contributed by atoms with E-state index in [1.807, 2.05) is 25.1 Å². The van der Waals surface area contributed by atoms with Crippen molar-refractivity contribution in [1.82, 2.24) is 0 Å². The molecule has 4 nitrogen and oxygen atoms in total. The van der Waals surface area contributed by atoms with Crippen LogP contribution in [0.25, 0.3) is 16.7 Å². The van der Waals surface area contributed by atoms with Crippen LogP contribution in [0.5, 0.6) is 17.2 Å². The Hall–Kier alpha value is -3.32. The van der Waals surface area contributed by atoms with Gasteiger partial charge in [-0.1, -0.05) is 24.1 Å². The maximum absolute atomic E-state index is 6.45. The van der Waals surface area contributed by atoms with Gasteiger partial charge in [-0.3, -0.25) is 0 Å². The lowest BCUT2D eigenvalue weighted by atomic mass is 9.81. The van der Waals surface area contributed by atoms with E-state index in [0.29, 0.717) is 11.5 Å². The first-order chi connectivity index (χ1) is 14.4. The summed E-state index contributed by atoms with van der Waals surface area (Å²) in [5, 5.41) is 3.64. The quantitative estimate of drug-likeness (QED) is 0.481. The van der Waals surface area contributed by atoms with Gasteiger partial charge in [0, 0.05) is 23.7 Å². The van der Waals surface area contributed by atoms with Crippen LogP contribution in [0.2, 0.25) is 0 Å². The number of fused-ring (bicyclic) bond motifs is 5. The van der Waals surface area contributed by atoms with Gasteiger partial charge in [0.15, 0.2) is 11.5 Å². The predicted octanol–water partition coefficient (Wildman–Crippen LogP) is 6.34. The molecule has 1 N–H and O–H groups in total. The zero-order chi connectivity index (χ0) is 21.5. The lowest BCUT2D eigenvalue weighted by Gasteiger charge is -2.36. The molecule has 0 aromatic heterocycles. The van der Waals surface area contributed by atoms with Crippen molar-refractivity contribution in [3.8, 4) is 40.4 Å². The summed E-state index contributed by atoms with van der Waals surface area (Å²) in [6, 6.07) is 8.05. The van der Waals surface area contributed by atoms with Crippen molar-refractivity contribution in [3.05, 3.63) is 53.6 Å². The Labute approximate surface area is 178 Å². The Morgan fingerprint density at radius 1 is 1.17 bits per heavy atom. The molecule has 0 aliphatic carbocycles. The summed E-state index contributed by atoms with van der Waals surface area (Å²) in [5.74, 6) is 4.73. The van der Waals surface area contributed by atoms with E-state index in [2.05, 4.69) is 62.4 Å². The molecule has 30 heavy (non-hydrogen) atoms. The highest BCUT2D eigenvalue weighted by Gasteiger charge is 2.34. The summed E-state index contributed by atoms with van der Waals surface area (Å²) in [6.07, 6.45) is 8.87. The minimum Gasteiger partial charge on any atom is -0.492 e. The largest absolute Gasteiger partial charge is 0.492 e. The monoisotopic (exact) mass is 401 g/mol. The molecule has 2 aromatic rings. The second-order valence-electron chi connectivity index (χ2n) is 8.11. The van der Waals surface area contributed by atoms with Gasteiger partial charge in [0.05, 0.1) is 18.2 Å². The van der Waals surface area contributed by atoms with E-state index in [9.17, 15) is 0 Å². The summed E-state index contributed by atoms with van der Waals surface area (Å²) in [5.41, 5.74) is 6.53. The normalized spacial score (nSPS) is 17.9. The van der Waals surface area contributed by atoms with E-state index in [1.54, 1.807) is 14.0 Å². The minimum atomic E-state index is -0.189. The fourth-order valence-corrected chi connectivity index (χ4v) is 4.45. The molecule has 2 aromatic carbocycles. The molecule has 1 atom stereocenters. The minimum absolute atomic E-state index is 0.105. The SMILES string of the molecule is CC#COc1ccc2c(c1OC)-c1ccc3c(c1C(C=CC)O2)C(C)=CC(C)(C)N3. The number of hydrogen-bond donors (Lipinski definition) is 1. The molecule has 4 rings (SSSR count). The maximum Gasteiger partial charge on any atom is 0.182 e. The topological polar surface area (TPSA) is 39.7 Å². The first kappa shape index (κ1) is 20.0. The van der Waals surface area contributed by atoms with E-state index < -0.39 is 0 Å². The molecule has 2 aliphatic heterocycles. The molecule has 0 radical (unpaired) electrons. The van der Waals surface area contributed by atoms with Gasteiger partial charge in [-0.2, -0.15) is 0 Å². The second-order valence-corrected chi connectivity index (χ2v) is 8.11. The van der Waals surface area contributed by atoms with Crippen molar-refractivity contribution in [1.29, 1.82) is 0 Å². The average Bonchev–Trinajstić information content (AvgIpc) is 2.70. The first-order valence-corrected chi connectivity index (χ1v) is 10.1. The van der Waals surface area contributed by atoms with Gasteiger partial charge in [0.25, 0.3) is 0 Å². The molecule has 154 valence electrons. The third-order valence-electron chi connectivity index (χ3n) is 5.40. The summed E-state index contributed by atoms with van der Waals surface area (Å²) < 4.78 is 17.8. The molecular weight excluding hydrogens is 374 g/mol. The van der Waals surface area contributed by atoms with Gasteiger partial charge in [-0.15, -0.1) is 0 Å². The van der Waals surface area contributed by atoms with Crippen molar-refractivity contribution in [2.45, 2.75) is 46.3 Å². The zero-order valence-corrected chi connectivity index (χ0v) is 18.3. The Bertz CT molecular complexity index is 1130. The van der Waals surface area contributed by atoms with Crippen LogP contribution < -0.4 is 19.5 Å². The molecular formula is C26H27NO3. The van der Waals surface area contributed by atoms with Gasteiger partial charge < -0.3 is 19.5 Å². The number of hydrogen-bond acceptors (Lipinski definition) is 4. The average molecular weight is 402 g/mol. The Morgan fingerprint density at radius 2 is 1.97 bits per heavy atom. The van der Waals surface area contributed by atoms with Crippen LogP contribution in [0.15, 0.2) is 42.5 Å². The van der Waals surface area contributed by atoms with Crippen LogP contribution >= 0.6 is 0 Å². The van der Waals surface area contributed by atoms with Crippen LogP contribution in [0.1, 0.15) is 51.8 Å². The van der Waals surface area contributed by atoms with Crippen LogP contribution in [0, 0.1) is 12.0 Å². The smallest absolute Gasteiger partial charge is 0.182 e. The molecule has 4 heteroatoms. The Kier molecular flexibility index (Phi) is 4.99. The fraction of sp³-hybridized carbons (Fsp3) is 0.308. The molecule has 0 fully saturated rings. The van der Waals surface area contributed by atoms with Gasteiger partial charge >= 0.3 is 0 Å².